The van der Waals surface area contributed by atoms with Crippen LogP contribution in [0.4, 0.5) is 5.82 Å². The lowest BCUT2D eigenvalue weighted by molar-refractivity contribution is 0.360. The average molecular weight is 355 g/mol. The third-order valence-electron chi connectivity index (χ3n) is 3.74. The summed E-state index contributed by atoms with van der Waals surface area (Å²) in [7, 11) is 2.17. The molecule has 0 N–H and O–H groups in total. The summed E-state index contributed by atoms with van der Waals surface area (Å²) in [6.07, 6.45) is 1.17. The SMILES string of the molecule is CN1CCCN(c2ccc3cc(Br)cc(Cl)c3n2)CC1. The Morgan fingerprint density at radius 2 is 2.00 bits per heavy atom. The Balaban J connectivity index is 1.96. The third kappa shape index (κ3) is 2.92. The quantitative estimate of drug-likeness (QED) is 0.776. The molecule has 106 valence electrons. The molecule has 3 nitrogen and oxygen atoms in total. The molecule has 0 spiro atoms. The first-order chi connectivity index (χ1) is 9.63. The van der Waals surface area contributed by atoms with E-state index in [0.29, 0.717) is 5.02 Å². The van der Waals surface area contributed by atoms with Crippen LogP contribution in [0.3, 0.4) is 0 Å². The standard InChI is InChI=1S/C15H17BrClN3/c1-19-5-2-6-20(8-7-19)14-4-3-11-9-12(16)10-13(17)15(11)18-14/h3-4,9-10H,2,5-8H2,1H3. The highest BCUT2D eigenvalue weighted by atomic mass is 79.9. The van der Waals surface area contributed by atoms with E-state index in [1.165, 1.54) is 6.42 Å². The summed E-state index contributed by atoms with van der Waals surface area (Å²) < 4.78 is 0.987. The molecule has 5 heteroatoms. The molecule has 0 atom stereocenters. The lowest BCUT2D eigenvalue weighted by Gasteiger charge is -2.22. The van der Waals surface area contributed by atoms with Crippen LogP contribution in [0, 0.1) is 0 Å². The van der Waals surface area contributed by atoms with Crippen molar-refractivity contribution in [2.45, 2.75) is 6.42 Å². The minimum absolute atomic E-state index is 0.697. The van der Waals surface area contributed by atoms with Gasteiger partial charge in [-0.15, -0.1) is 0 Å². The van der Waals surface area contributed by atoms with Gasteiger partial charge in [0, 0.05) is 29.5 Å². The Labute approximate surface area is 132 Å². The molecule has 1 aliphatic heterocycles. The first-order valence-corrected chi connectivity index (χ1v) is 8.00. The number of anilines is 1. The smallest absolute Gasteiger partial charge is 0.129 e. The second kappa shape index (κ2) is 5.88. The highest BCUT2D eigenvalue weighted by molar-refractivity contribution is 9.10. The van der Waals surface area contributed by atoms with E-state index in [9.17, 15) is 0 Å². The number of halogens is 2. The predicted octanol–water partition coefficient (Wildman–Crippen LogP) is 3.79. The Hall–Kier alpha value is -0.840. The van der Waals surface area contributed by atoms with E-state index < -0.39 is 0 Å². The Morgan fingerprint density at radius 1 is 1.15 bits per heavy atom. The van der Waals surface area contributed by atoms with Crippen LogP contribution in [-0.4, -0.2) is 43.1 Å². The molecule has 0 bridgehead atoms. The van der Waals surface area contributed by atoms with Gasteiger partial charge in [0.25, 0.3) is 0 Å². The number of likely N-dealkylation sites (N-methyl/N-ethyl adjacent to an activating group) is 1. The van der Waals surface area contributed by atoms with Gasteiger partial charge in [-0.2, -0.15) is 0 Å². The van der Waals surface area contributed by atoms with E-state index in [2.05, 4.69) is 44.9 Å². The molecule has 1 aromatic heterocycles. The second-order valence-electron chi connectivity index (χ2n) is 5.27. The van der Waals surface area contributed by atoms with Gasteiger partial charge in [0.15, 0.2) is 0 Å². The van der Waals surface area contributed by atoms with Gasteiger partial charge in [-0.1, -0.05) is 27.5 Å². The average Bonchev–Trinajstić information content (AvgIpc) is 2.63. The van der Waals surface area contributed by atoms with Crippen LogP contribution in [0.15, 0.2) is 28.7 Å². The predicted molar refractivity (Wildman–Crippen MR) is 88.8 cm³/mol. The number of nitrogens with zero attached hydrogens (tertiary/aromatic N) is 3. The summed E-state index contributed by atoms with van der Waals surface area (Å²) in [6, 6.07) is 8.14. The van der Waals surface area contributed by atoms with Crippen LogP contribution in [0.25, 0.3) is 10.9 Å². The maximum atomic E-state index is 6.31. The maximum absolute atomic E-state index is 6.31. The number of hydrogen-bond acceptors (Lipinski definition) is 3. The van der Waals surface area contributed by atoms with Gasteiger partial charge in [-0.3, -0.25) is 0 Å². The molecule has 2 aromatic rings. The number of rotatable bonds is 1. The van der Waals surface area contributed by atoms with Crippen molar-refractivity contribution < 1.29 is 0 Å². The summed E-state index contributed by atoms with van der Waals surface area (Å²) in [4.78, 5) is 9.48. The monoisotopic (exact) mass is 353 g/mol. The van der Waals surface area contributed by atoms with Gasteiger partial charge < -0.3 is 9.80 Å². The zero-order valence-corrected chi connectivity index (χ0v) is 13.8. The highest BCUT2D eigenvalue weighted by Crippen LogP contribution is 2.28. The Morgan fingerprint density at radius 3 is 2.85 bits per heavy atom. The van der Waals surface area contributed by atoms with Gasteiger partial charge in [0.05, 0.1) is 10.5 Å². The van der Waals surface area contributed by atoms with Crippen molar-refractivity contribution in [2.75, 3.05) is 38.1 Å². The third-order valence-corrected chi connectivity index (χ3v) is 4.49. The molecule has 1 saturated heterocycles. The molecule has 0 unspecified atom stereocenters. The molecule has 1 aliphatic rings. The van der Waals surface area contributed by atoms with E-state index >= 15 is 0 Å². The van der Waals surface area contributed by atoms with Crippen molar-refractivity contribution in [1.82, 2.24) is 9.88 Å². The van der Waals surface area contributed by atoms with Gasteiger partial charge in [-0.05, 0) is 44.3 Å². The van der Waals surface area contributed by atoms with E-state index in [0.717, 1.165) is 47.4 Å². The van der Waals surface area contributed by atoms with Crippen molar-refractivity contribution in [3.63, 3.8) is 0 Å². The van der Waals surface area contributed by atoms with E-state index in [-0.39, 0.29) is 0 Å². The molecular formula is C15H17BrClN3. The van der Waals surface area contributed by atoms with E-state index in [4.69, 9.17) is 16.6 Å². The zero-order valence-electron chi connectivity index (χ0n) is 11.4. The number of aromatic nitrogens is 1. The highest BCUT2D eigenvalue weighted by Gasteiger charge is 2.14. The summed E-state index contributed by atoms with van der Waals surface area (Å²) in [5.41, 5.74) is 0.880. The summed E-state index contributed by atoms with van der Waals surface area (Å²) in [6.45, 7) is 4.30. The summed E-state index contributed by atoms with van der Waals surface area (Å²) >= 11 is 9.78. The normalized spacial score (nSPS) is 17.4. The molecule has 0 saturated carbocycles. The lowest BCUT2D eigenvalue weighted by Crippen LogP contribution is -2.29. The van der Waals surface area contributed by atoms with Crippen molar-refractivity contribution in [3.8, 4) is 0 Å². The summed E-state index contributed by atoms with van der Waals surface area (Å²) in [5.74, 6) is 1.03. The largest absolute Gasteiger partial charge is 0.355 e. The number of benzene rings is 1. The van der Waals surface area contributed by atoms with Crippen LogP contribution in [0.2, 0.25) is 5.02 Å². The van der Waals surface area contributed by atoms with Gasteiger partial charge >= 0.3 is 0 Å². The Bertz CT molecular complexity index is 632. The van der Waals surface area contributed by atoms with Crippen LogP contribution in [-0.2, 0) is 0 Å². The molecule has 0 aliphatic carbocycles. The number of pyridine rings is 1. The van der Waals surface area contributed by atoms with Crippen molar-refractivity contribution >= 4 is 44.3 Å². The number of fused-ring (bicyclic) bond motifs is 1. The fraction of sp³-hybridized carbons (Fsp3) is 0.400. The molecular weight excluding hydrogens is 338 g/mol. The lowest BCUT2D eigenvalue weighted by atomic mass is 10.2. The van der Waals surface area contributed by atoms with Crippen molar-refractivity contribution in [1.29, 1.82) is 0 Å². The van der Waals surface area contributed by atoms with Gasteiger partial charge in [0.2, 0.25) is 0 Å². The fourth-order valence-electron chi connectivity index (χ4n) is 2.60. The minimum atomic E-state index is 0.697. The van der Waals surface area contributed by atoms with E-state index in [1.807, 2.05) is 12.1 Å². The maximum Gasteiger partial charge on any atom is 0.129 e. The van der Waals surface area contributed by atoms with Crippen LogP contribution in [0.1, 0.15) is 6.42 Å². The van der Waals surface area contributed by atoms with E-state index in [1.54, 1.807) is 0 Å². The number of hydrogen-bond donors (Lipinski definition) is 0. The molecule has 3 rings (SSSR count). The zero-order chi connectivity index (χ0) is 14.1. The molecule has 20 heavy (non-hydrogen) atoms. The first kappa shape index (κ1) is 14.1. The fourth-order valence-corrected chi connectivity index (χ4v) is 3.48. The molecule has 2 heterocycles. The van der Waals surface area contributed by atoms with Crippen LogP contribution < -0.4 is 4.90 Å². The van der Waals surface area contributed by atoms with Crippen molar-refractivity contribution in [3.05, 3.63) is 33.8 Å². The second-order valence-corrected chi connectivity index (χ2v) is 6.60. The van der Waals surface area contributed by atoms with Crippen LogP contribution >= 0.6 is 27.5 Å². The molecule has 1 aromatic carbocycles. The van der Waals surface area contributed by atoms with Crippen molar-refractivity contribution in [2.24, 2.45) is 0 Å². The molecule has 0 amide bonds. The molecule has 0 radical (unpaired) electrons. The van der Waals surface area contributed by atoms with Gasteiger partial charge in [-0.25, -0.2) is 4.98 Å². The van der Waals surface area contributed by atoms with Gasteiger partial charge in [0.1, 0.15) is 5.82 Å². The first-order valence-electron chi connectivity index (χ1n) is 6.83. The topological polar surface area (TPSA) is 19.4 Å². The molecule has 1 fully saturated rings. The minimum Gasteiger partial charge on any atom is -0.355 e. The summed E-state index contributed by atoms with van der Waals surface area (Å²) in [5, 5.41) is 1.77. The Kier molecular flexibility index (Phi) is 4.15. The van der Waals surface area contributed by atoms with Crippen LogP contribution in [0.5, 0.6) is 0 Å².